The van der Waals surface area contributed by atoms with Crippen LogP contribution < -0.4 is 14.6 Å². The van der Waals surface area contributed by atoms with Crippen molar-refractivity contribution in [2.75, 3.05) is 20.3 Å². The maximum absolute atomic E-state index is 11.3. The Kier molecular flexibility index (Phi) is 5.80. The Labute approximate surface area is 154 Å². The van der Waals surface area contributed by atoms with Crippen molar-refractivity contribution in [2.45, 2.75) is 30.3 Å². The Morgan fingerprint density at radius 2 is 1.65 bits per heavy atom. The Morgan fingerprint density at radius 1 is 1.04 bits per heavy atom. The number of nitrogens with two attached hydrogens (primary N) is 1. The molecule has 0 spiro atoms. The molecule has 1 aliphatic rings. The van der Waals surface area contributed by atoms with Crippen LogP contribution in [-0.2, 0) is 16.6 Å². The minimum atomic E-state index is -3.67. The van der Waals surface area contributed by atoms with E-state index in [0.29, 0.717) is 18.4 Å². The Hall–Kier alpha value is -2.09. The van der Waals surface area contributed by atoms with Crippen molar-refractivity contribution in [3.05, 3.63) is 54.1 Å². The fourth-order valence-electron chi connectivity index (χ4n) is 2.80. The van der Waals surface area contributed by atoms with Gasteiger partial charge >= 0.3 is 0 Å². The van der Waals surface area contributed by atoms with Gasteiger partial charge in [-0.3, -0.25) is 4.90 Å². The number of hydrogen-bond acceptors (Lipinski definition) is 5. The lowest BCUT2D eigenvalue weighted by atomic mass is 10.2. The van der Waals surface area contributed by atoms with E-state index in [0.717, 1.165) is 18.8 Å². The standard InChI is InChI=1S/C19H24N2O4S/c1-24-17-6-2-15(3-7-17)14-21(16-4-5-16)12-13-25-18-8-10-19(11-9-18)26(20,22)23/h2-3,6-11,16H,4-5,12-14H2,1H3,(H2,20,22,23). The highest BCUT2D eigenvalue weighted by atomic mass is 32.2. The molecule has 1 fully saturated rings. The van der Waals surface area contributed by atoms with Crippen LogP contribution in [-0.4, -0.2) is 39.6 Å². The molecule has 0 radical (unpaired) electrons. The molecule has 0 heterocycles. The Balaban J connectivity index is 1.52. The van der Waals surface area contributed by atoms with Crippen LogP contribution in [0.15, 0.2) is 53.4 Å². The predicted molar refractivity (Wildman–Crippen MR) is 99.7 cm³/mol. The lowest BCUT2D eigenvalue weighted by molar-refractivity contribution is 0.195. The number of hydrogen-bond donors (Lipinski definition) is 1. The third kappa shape index (κ3) is 5.20. The molecule has 0 aliphatic heterocycles. The monoisotopic (exact) mass is 376 g/mol. The molecule has 3 rings (SSSR count). The zero-order chi connectivity index (χ0) is 18.6. The smallest absolute Gasteiger partial charge is 0.238 e. The Bertz CT molecular complexity index is 816. The zero-order valence-electron chi connectivity index (χ0n) is 14.8. The fraction of sp³-hybridized carbons (Fsp3) is 0.368. The first-order valence-electron chi connectivity index (χ1n) is 8.58. The van der Waals surface area contributed by atoms with Gasteiger partial charge in [-0.25, -0.2) is 13.6 Å². The van der Waals surface area contributed by atoms with Crippen LogP contribution in [0.5, 0.6) is 11.5 Å². The molecule has 26 heavy (non-hydrogen) atoms. The van der Waals surface area contributed by atoms with E-state index < -0.39 is 10.0 Å². The molecule has 2 N–H and O–H groups in total. The molecule has 6 nitrogen and oxygen atoms in total. The first-order valence-corrected chi connectivity index (χ1v) is 10.1. The van der Waals surface area contributed by atoms with Crippen LogP contribution in [0.3, 0.4) is 0 Å². The average molecular weight is 376 g/mol. The first-order chi connectivity index (χ1) is 12.5. The van der Waals surface area contributed by atoms with E-state index in [1.54, 1.807) is 19.2 Å². The van der Waals surface area contributed by atoms with Gasteiger partial charge in [0.15, 0.2) is 0 Å². The van der Waals surface area contributed by atoms with Gasteiger partial charge in [0.05, 0.1) is 12.0 Å². The predicted octanol–water partition coefficient (Wildman–Crippen LogP) is 2.39. The summed E-state index contributed by atoms with van der Waals surface area (Å²) in [6, 6.07) is 14.9. The van der Waals surface area contributed by atoms with E-state index in [1.165, 1.54) is 30.5 Å². The number of rotatable bonds is 9. The Morgan fingerprint density at radius 3 is 2.19 bits per heavy atom. The molecular formula is C19H24N2O4S. The number of ether oxygens (including phenoxy) is 2. The highest BCUT2D eigenvalue weighted by Gasteiger charge is 2.28. The third-order valence-electron chi connectivity index (χ3n) is 4.41. The third-order valence-corrected chi connectivity index (χ3v) is 5.34. The SMILES string of the molecule is COc1ccc(CN(CCOc2ccc(S(N)(=O)=O)cc2)C2CC2)cc1. The quantitative estimate of drug-likeness (QED) is 0.727. The van der Waals surface area contributed by atoms with Crippen molar-refractivity contribution in [2.24, 2.45) is 5.14 Å². The molecule has 140 valence electrons. The summed E-state index contributed by atoms with van der Waals surface area (Å²) in [4.78, 5) is 2.50. The van der Waals surface area contributed by atoms with Gasteiger partial charge in [-0.15, -0.1) is 0 Å². The van der Waals surface area contributed by atoms with Crippen LogP contribution in [0.25, 0.3) is 0 Å². The normalized spacial score (nSPS) is 14.4. The summed E-state index contributed by atoms with van der Waals surface area (Å²) in [7, 11) is -2.00. The number of sulfonamides is 1. The maximum atomic E-state index is 11.3. The molecule has 0 saturated heterocycles. The zero-order valence-corrected chi connectivity index (χ0v) is 15.6. The lowest BCUT2D eigenvalue weighted by Gasteiger charge is -2.22. The summed E-state index contributed by atoms with van der Waals surface area (Å²) >= 11 is 0. The number of benzene rings is 2. The number of primary sulfonamides is 1. The van der Waals surface area contributed by atoms with Gasteiger partial charge < -0.3 is 9.47 Å². The molecule has 2 aromatic rings. The van der Waals surface area contributed by atoms with Gasteiger partial charge in [-0.2, -0.15) is 0 Å². The summed E-state index contributed by atoms with van der Waals surface area (Å²) in [5, 5.41) is 5.10. The molecular weight excluding hydrogens is 352 g/mol. The molecule has 0 unspecified atom stereocenters. The van der Waals surface area contributed by atoms with Crippen molar-refractivity contribution >= 4 is 10.0 Å². The van der Waals surface area contributed by atoms with E-state index in [2.05, 4.69) is 17.0 Å². The molecule has 2 aromatic carbocycles. The summed E-state index contributed by atoms with van der Waals surface area (Å²) in [6.07, 6.45) is 2.44. The van der Waals surface area contributed by atoms with Crippen molar-refractivity contribution in [1.82, 2.24) is 4.90 Å². The molecule has 0 aromatic heterocycles. The minimum Gasteiger partial charge on any atom is -0.497 e. The van der Waals surface area contributed by atoms with Gasteiger partial charge in [0, 0.05) is 19.1 Å². The summed E-state index contributed by atoms with van der Waals surface area (Å²) in [5.74, 6) is 1.50. The summed E-state index contributed by atoms with van der Waals surface area (Å²) in [5.41, 5.74) is 1.25. The maximum Gasteiger partial charge on any atom is 0.238 e. The van der Waals surface area contributed by atoms with E-state index in [1.807, 2.05) is 12.1 Å². The summed E-state index contributed by atoms with van der Waals surface area (Å²) in [6.45, 7) is 2.23. The van der Waals surface area contributed by atoms with Crippen LogP contribution in [0.4, 0.5) is 0 Å². The van der Waals surface area contributed by atoms with Gasteiger partial charge in [0.25, 0.3) is 0 Å². The molecule has 0 bridgehead atoms. The van der Waals surface area contributed by atoms with Crippen LogP contribution in [0, 0.1) is 0 Å². The second-order valence-electron chi connectivity index (χ2n) is 6.41. The minimum absolute atomic E-state index is 0.0870. The highest BCUT2D eigenvalue weighted by Crippen LogP contribution is 2.28. The molecule has 0 atom stereocenters. The van der Waals surface area contributed by atoms with Crippen LogP contribution in [0.1, 0.15) is 18.4 Å². The van der Waals surface area contributed by atoms with Gasteiger partial charge in [-0.1, -0.05) is 12.1 Å². The van der Waals surface area contributed by atoms with Crippen molar-refractivity contribution in [3.63, 3.8) is 0 Å². The highest BCUT2D eigenvalue weighted by molar-refractivity contribution is 7.89. The van der Waals surface area contributed by atoms with E-state index in [-0.39, 0.29) is 4.90 Å². The largest absolute Gasteiger partial charge is 0.497 e. The van der Waals surface area contributed by atoms with Crippen LogP contribution >= 0.6 is 0 Å². The summed E-state index contributed by atoms with van der Waals surface area (Å²) < 4.78 is 33.5. The van der Waals surface area contributed by atoms with E-state index in [4.69, 9.17) is 14.6 Å². The molecule has 7 heteroatoms. The fourth-order valence-corrected chi connectivity index (χ4v) is 3.32. The van der Waals surface area contributed by atoms with Gasteiger partial charge in [0.1, 0.15) is 18.1 Å². The number of nitrogens with zero attached hydrogens (tertiary/aromatic N) is 1. The van der Waals surface area contributed by atoms with Crippen LogP contribution in [0.2, 0.25) is 0 Å². The van der Waals surface area contributed by atoms with Crippen molar-refractivity contribution in [1.29, 1.82) is 0 Å². The topological polar surface area (TPSA) is 81.9 Å². The molecule has 0 amide bonds. The molecule has 1 aliphatic carbocycles. The lowest BCUT2D eigenvalue weighted by Crippen LogP contribution is -2.30. The number of methoxy groups -OCH3 is 1. The van der Waals surface area contributed by atoms with E-state index in [9.17, 15) is 8.42 Å². The van der Waals surface area contributed by atoms with Gasteiger partial charge in [0.2, 0.25) is 10.0 Å². The second-order valence-corrected chi connectivity index (χ2v) is 7.98. The van der Waals surface area contributed by atoms with Crippen molar-refractivity contribution in [3.8, 4) is 11.5 Å². The average Bonchev–Trinajstić information content (AvgIpc) is 3.46. The van der Waals surface area contributed by atoms with Crippen molar-refractivity contribution < 1.29 is 17.9 Å². The molecule has 1 saturated carbocycles. The van der Waals surface area contributed by atoms with E-state index >= 15 is 0 Å². The van der Waals surface area contributed by atoms with Gasteiger partial charge in [-0.05, 0) is 54.8 Å². The first kappa shape index (κ1) is 18.7. The second kappa shape index (κ2) is 8.07.